The standard InChI is InChI=1S/C34H72N2S4/c1-25(2)17-35(18-26(3)4)33(39(21-29(9)10)22-30(11)12)37-38-34(36(19-27(5)6)20-28(7)8)40(23-31(13)14)24-32(15)16/h25-32H,17-24H2,1-16H3. The SMILES string of the molecule is CC(C)CN(CC(C)C)C(SSC(N(CC(C)C)CC(C)C)=S(CC(C)C)CC(C)C)=S(CC(C)C)CC(C)C. The topological polar surface area (TPSA) is 6.48 Å². The lowest BCUT2D eigenvalue weighted by Crippen LogP contribution is -2.38. The van der Waals surface area contributed by atoms with E-state index in [9.17, 15) is 0 Å². The molecule has 0 saturated carbocycles. The number of hydrogen-bond donors (Lipinski definition) is 0. The normalized spacial score (nSPS) is 13.2. The van der Waals surface area contributed by atoms with Gasteiger partial charge < -0.3 is 0 Å². The van der Waals surface area contributed by atoms with E-state index in [0.29, 0.717) is 23.7 Å². The zero-order valence-electron chi connectivity index (χ0n) is 29.8. The van der Waals surface area contributed by atoms with Crippen molar-refractivity contribution in [1.82, 2.24) is 9.80 Å². The van der Waals surface area contributed by atoms with E-state index in [2.05, 4.69) is 142 Å². The first-order valence-electron chi connectivity index (χ1n) is 16.4. The van der Waals surface area contributed by atoms with Crippen molar-refractivity contribution in [3.05, 3.63) is 0 Å². The van der Waals surface area contributed by atoms with Crippen LogP contribution in [0.2, 0.25) is 0 Å². The maximum atomic E-state index is 2.83. The fraction of sp³-hybridized carbons (Fsp3) is 0.941. The third-order valence-electron chi connectivity index (χ3n) is 5.67. The molecular weight excluding hydrogens is 565 g/mol. The van der Waals surface area contributed by atoms with E-state index in [4.69, 9.17) is 0 Å². The Hall–Kier alpha value is 1.06. The van der Waals surface area contributed by atoms with Crippen LogP contribution in [0.3, 0.4) is 0 Å². The third-order valence-corrected chi connectivity index (χ3v) is 16.1. The smallest absolute Gasteiger partial charge is 0.0870 e. The molecule has 0 spiro atoms. The molecule has 0 aliphatic rings. The second-order valence-electron chi connectivity index (χ2n) is 15.3. The highest BCUT2D eigenvalue weighted by Crippen LogP contribution is 2.41. The maximum absolute atomic E-state index is 2.83. The van der Waals surface area contributed by atoms with Gasteiger partial charge in [-0.05, 0) is 91.9 Å². The zero-order chi connectivity index (χ0) is 31.2. The third kappa shape index (κ3) is 19.4. The van der Waals surface area contributed by atoms with Crippen LogP contribution < -0.4 is 0 Å². The maximum Gasteiger partial charge on any atom is 0.0870 e. The van der Waals surface area contributed by atoms with E-state index in [1.54, 1.807) is 8.64 Å². The molecule has 0 heterocycles. The van der Waals surface area contributed by atoms with E-state index in [-0.39, 0.29) is 21.0 Å². The van der Waals surface area contributed by atoms with Crippen molar-refractivity contribution in [1.29, 1.82) is 0 Å². The summed E-state index contributed by atoms with van der Waals surface area (Å²) in [5.41, 5.74) is 0. The van der Waals surface area contributed by atoms with Crippen LogP contribution in [0, 0.1) is 47.3 Å². The lowest BCUT2D eigenvalue weighted by molar-refractivity contribution is 0.337. The molecule has 0 amide bonds. The molecule has 0 atom stereocenters. The van der Waals surface area contributed by atoms with Gasteiger partial charge in [-0.15, -0.1) is 0 Å². The highest BCUT2D eigenvalue weighted by Gasteiger charge is 2.25. The Kier molecular flexibility index (Phi) is 22.3. The summed E-state index contributed by atoms with van der Waals surface area (Å²) in [6, 6.07) is 0. The predicted octanol–water partition coefficient (Wildman–Crippen LogP) is 10.9. The molecule has 0 radical (unpaired) electrons. The monoisotopic (exact) mass is 636 g/mol. The fourth-order valence-electron chi connectivity index (χ4n) is 4.88. The molecule has 0 N–H and O–H groups in total. The van der Waals surface area contributed by atoms with Gasteiger partial charge >= 0.3 is 0 Å². The molecule has 0 aromatic carbocycles. The number of nitrogens with zero attached hydrogens (tertiary/aromatic N) is 2. The Labute approximate surface area is 267 Å². The largest absolute Gasteiger partial charge is 0.264 e. The first kappa shape index (κ1) is 41.1. The summed E-state index contributed by atoms with van der Waals surface area (Å²) in [6.45, 7) is 43.3. The van der Waals surface area contributed by atoms with E-state index in [1.807, 2.05) is 0 Å². The van der Waals surface area contributed by atoms with Crippen LogP contribution in [-0.4, -0.2) is 67.6 Å². The first-order chi connectivity index (χ1) is 18.4. The van der Waals surface area contributed by atoms with Crippen LogP contribution in [-0.2, 0) is 0 Å². The van der Waals surface area contributed by atoms with Gasteiger partial charge in [-0.3, -0.25) is 9.80 Å². The molecule has 0 aliphatic heterocycles. The molecule has 2 nitrogen and oxygen atoms in total. The highest BCUT2D eigenvalue weighted by atomic mass is 33.1. The minimum absolute atomic E-state index is 0.285. The molecule has 0 rings (SSSR count). The second-order valence-corrected chi connectivity index (χ2v) is 22.0. The van der Waals surface area contributed by atoms with E-state index < -0.39 is 0 Å². The average molecular weight is 637 g/mol. The highest BCUT2D eigenvalue weighted by molar-refractivity contribution is 8.90. The molecule has 0 saturated heterocycles. The Morgan fingerprint density at radius 2 is 0.575 bits per heavy atom. The van der Waals surface area contributed by atoms with Crippen molar-refractivity contribution >= 4 is 51.2 Å². The van der Waals surface area contributed by atoms with Crippen molar-refractivity contribution in [2.24, 2.45) is 47.3 Å². The minimum atomic E-state index is 0.285. The minimum Gasteiger partial charge on any atom is -0.264 e. The van der Waals surface area contributed by atoms with Gasteiger partial charge in [0.1, 0.15) is 0 Å². The molecule has 0 aliphatic carbocycles. The summed E-state index contributed by atoms with van der Waals surface area (Å²) >= 11 is 0. The first-order valence-corrected chi connectivity index (χ1v) is 21.6. The summed E-state index contributed by atoms with van der Waals surface area (Å²) in [5.74, 6) is 10.8. The van der Waals surface area contributed by atoms with E-state index in [1.165, 1.54) is 49.2 Å². The lowest BCUT2D eigenvalue weighted by Gasteiger charge is -2.34. The molecule has 242 valence electrons. The van der Waals surface area contributed by atoms with Crippen LogP contribution in [0.5, 0.6) is 0 Å². The summed E-state index contributed by atoms with van der Waals surface area (Å²) < 4.78 is 3.39. The van der Waals surface area contributed by atoms with Gasteiger partial charge in [-0.2, -0.15) is 21.0 Å². The van der Waals surface area contributed by atoms with E-state index >= 15 is 0 Å². The van der Waals surface area contributed by atoms with Crippen molar-refractivity contribution in [2.75, 3.05) is 49.2 Å². The van der Waals surface area contributed by atoms with Crippen LogP contribution in [0.15, 0.2) is 0 Å². The molecule has 6 heteroatoms. The molecule has 0 unspecified atom stereocenters. The van der Waals surface area contributed by atoms with Gasteiger partial charge in [0.05, 0.1) is 8.64 Å². The zero-order valence-corrected chi connectivity index (χ0v) is 33.1. The lowest BCUT2D eigenvalue weighted by atomic mass is 10.1. The van der Waals surface area contributed by atoms with E-state index in [0.717, 1.165) is 23.7 Å². The molecule has 0 aromatic heterocycles. The Morgan fingerprint density at radius 1 is 0.375 bits per heavy atom. The van der Waals surface area contributed by atoms with Crippen molar-refractivity contribution in [3.63, 3.8) is 0 Å². The van der Waals surface area contributed by atoms with Gasteiger partial charge in [0.25, 0.3) is 0 Å². The van der Waals surface area contributed by atoms with Crippen molar-refractivity contribution in [3.8, 4) is 0 Å². The predicted molar refractivity (Wildman–Crippen MR) is 202 cm³/mol. The summed E-state index contributed by atoms with van der Waals surface area (Å²) in [4.78, 5) is 5.66. The molecular formula is C34H72N2S4. The number of rotatable bonds is 16. The molecule has 0 fully saturated rings. The van der Waals surface area contributed by atoms with Gasteiger partial charge in [0.15, 0.2) is 0 Å². The van der Waals surface area contributed by atoms with Crippen LogP contribution in [0.4, 0.5) is 0 Å². The van der Waals surface area contributed by atoms with Crippen molar-refractivity contribution < 1.29 is 0 Å². The van der Waals surface area contributed by atoms with Gasteiger partial charge in [-0.25, -0.2) is 0 Å². The van der Waals surface area contributed by atoms with Gasteiger partial charge in [-0.1, -0.05) is 111 Å². The Balaban J connectivity index is 7.11. The van der Waals surface area contributed by atoms with Crippen molar-refractivity contribution in [2.45, 2.75) is 111 Å². The summed E-state index contributed by atoms with van der Waals surface area (Å²) in [7, 11) is 4.93. The Bertz CT molecular complexity index is 630. The molecule has 40 heavy (non-hydrogen) atoms. The fourth-order valence-corrected chi connectivity index (χ4v) is 15.6. The average Bonchev–Trinajstić information content (AvgIpc) is 2.72. The number of hydrogen-bond acceptors (Lipinski definition) is 2. The quantitative estimate of drug-likeness (QED) is 0.123. The van der Waals surface area contributed by atoms with Crippen LogP contribution in [0.25, 0.3) is 0 Å². The molecule has 0 aromatic rings. The second kappa shape index (κ2) is 21.7. The van der Waals surface area contributed by atoms with Gasteiger partial charge in [0, 0.05) is 26.2 Å². The summed E-state index contributed by atoms with van der Waals surface area (Å²) in [6.07, 6.45) is 0. The van der Waals surface area contributed by atoms with Gasteiger partial charge in [0.2, 0.25) is 0 Å². The van der Waals surface area contributed by atoms with Crippen LogP contribution >= 0.6 is 42.6 Å². The summed E-state index contributed by atoms with van der Waals surface area (Å²) in [5, 5.41) is 0. The molecule has 0 bridgehead atoms. The van der Waals surface area contributed by atoms with Crippen LogP contribution in [0.1, 0.15) is 111 Å². The Morgan fingerprint density at radius 3 is 0.725 bits per heavy atom.